The zero-order valence-corrected chi connectivity index (χ0v) is 9.02. The van der Waals surface area contributed by atoms with E-state index < -0.39 is 0 Å². The molecule has 74 valence electrons. The molecule has 0 radical (unpaired) electrons. The van der Waals surface area contributed by atoms with Gasteiger partial charge in [-0.15, -0.1) is 0 Å². The molecule has 1 heteroatoms. The summed E-state index contributed by atoms with van der Waals surface area (Å²) in [4.78, 5) is 11.4. The fraction of sp³-hybridized carbons (Fsp3) is 0.583. The third-order valence-corrected chi connectivity index (χ3v) is 2.20. The second-order valence-electron chi connectivity index (χ2n) is 3.26. The van der Waals surface area contributed by atoms with E-state index in [9.17, 15) is 4.79 Å². The molecule has 0 N–H and O–H groups in total. The molecule has 0 saturated heterocycles. The first-order valence-corrected chi connectivity index (χ1v) is 5.02. The van der Waals surface area contributed by atoms with Crippen LogP contribution in [0.2, 0.25) is 0 Å². The van der Waals surface area contributed by atoms with Crippen molar-refractivity contribution < 1.29 is 4.79 Å². The smallest absolute Gasteiger partial charge is 0.159 e. The molecule has 0 unspecified atom stereocenters. The van der Waals surface area contributed by atoms with Gasteiger partial charge in [0, 0.05) is 6.42 Å². The summed E-state index contributed by atoms with van der Waals surface area (Å²) in [6.07, 6.45) is 5.13. The molecule has 13 heavy (non-hydrogen) atoms. The minimum atomic E-state index is 0.200. The predicted octanol–water partition coefficient (Wildman–Crippen LogP) is 3.66. The highest BCUT2D eigenvalue weighted by molar-refractivity contribution is 5.91. The summed E-state index contributed by atoms with van der Waals surface area (Å²) in [6.45, 7) is 10.0. The number of hydrogen-bond acceptors (Lipinski definition) is 1. The average Bonchev–Trinajstić information content (AvgIpc) is 2.13. The molecular formula is C12H20O. The van der Waals surface area contributed by atoms with Crippen molar-refractivity contribution in [1.29, 1.82) is 0 Å². The Bertz CT molecular complexity index is 205. The van der Waals surface area contributed by atoms with E-state index in [1.54, 1.807) is 6.08 Å². The van der Waals surface area contributed by atoms with E-state index in [2.05, 4.69) is 20.4 Å². The van der Waals surface area contributed by atoms with Gasteiger partial charge in [-0.3, -0.25) is 4.79 Å². The predicted molar refractivity (Wildman–Crippen MR) is 57.7 cm³/mol. The van der Waals surface area contributed by atoms with Crippen LogP contribution in [0.3, 0.4) is 0 Å². The maximum absolute atomic E-state index is 11.4. The lowest BCUT2D eigenvalue weighted by Gasteiger charge is -2.01. The lowest BCUT2D eigenvalue weighted by atomic mass is 10.0. The number of ketones is 1. The molecule has 0 spiro atoms. The third-order valence-electron chi connectivity index (χ3n) is 2.20. The van der Waals surface area contributed by atoms with E-state index in [4.69, 9.17) is 0 Å². The van der Waals surface area contributed by atoms with E-state index in [0.717, 1.165) is 24.8 Å². The van der Waals surface area contributed by atoms with Crippen LogP contribution in [0.1, 0.15) is 46.5 Å². The van der Waals surface area contributed by atoms with Crippen LogP contribution in [0.25, 0.3) is 0 Å². The van der Waals surface area contributed by atoms with Gasteiger partial charge in [0.25, 0.3) is 0 Å². The Balaban J connectivity index is 4.12. The summed E-state index contributed by atoms with van der Waals surface area (Å²) >= 11 is 0. The topological polar surface area (TPSA) is 17.1 Å². The fourth-order valence-electron chi connectivity index (χ4n) is 1.10. The summed E-state index contributed by atoms with van der Waals surface area (Å²) in [5, 5.41) is 0. The molecule has 0 rings (SSSR count). The van der Waals surface area contributed by atoms with Crippen LogP contribution in [-0.2, 0) is 4.79 Å². The monoisotopic (exact) mass is 180 g/mol. The molecule has 0 aromatic carbocycles. The summed E-state index contributed by atoms with van der Waals surface area (Å²) in [5.41, 5.74) is 2.25. The molecule has 0 aromatic heterocycles. The minimum Gasteiger partial charge on any atom is -0.295 e. The normalized spacial score (nSPS) is 9.46. The Morgan fingerprint density at radius 3 is 2.08 bits per heavy atom. The highest BCUT2D eigenvalue weighted by Gasteiger charge is 2.01. The van der Waals surface area contributed by atoms with Crippen LogP contribution in [0.4, 0.5) is 0 Å². The molecule has 0 saturated carbocycles. The van der Waals surface area contributed by atoms with Crippen molar-refractivity contribution in [2.24, 2.45) is 0 Å². The summed E-state index contributed by atoms with van der Waals surface area (Å²) in [6, 6.07) is 0. The van der Waals surface area contributed by atoms with Gasteiger partial charge in [0.15, 0.2) is 5.78 Å². The molecule has 0 heterocycles. The molecule has 0 aromatic rings. The Morgan fingerprint density at radius 1 is 1.15 bits per heavy atom. The van der Waals surface area contributed by atoms with E-state index in [1.807, 2.05) is 6.92 Å². The minimum absolute atomic E-state index is 0.200. The standard InChI is InChI=1S/C12H20O/c1-5-10(4)8-12(13)9-11(6-2)7-3/h9H,4-8H2,1-3H3. The molecule has 1 nitrogen and oxygen atoms in total. The summed E-state index contributed by atoms with van der Waals surface area (Å²) in [5.74, 6) is 0.200. The zero-order chi connectivity index (χ0) is 10.3. The van der Waals surface area contributed by atoms with E-state index in [1.165, 1.54) is 5.57 Å². The van der Waals surface area contributed by atoms with Crippen LogP contribution < -0.4 is 0 Å². The fourth-order valence-corrected chi connectivity index (χ4v) is 1.10. The third kappa shape index (κ3) is 5.40. The second-order valence-corrected chi connectivity index (χ2v) is 3.26. The van der Waals surface area contributed by atoms with E-state index in [0.29, 0.717) is 6.42 Å². The van der Waals surface area contributed by atoms with Crippen molar-refractivity contribution in [3.05, 3.63) is 23.8 Å². The number of allylic oxidation sites excluding steroid dienone is 3. The number of rotatable bonds is 6. The average molecular weight is 180 g/mol. The molecule has 0 fully saturated rings. The largest absolute Gasteiger partial charge is 0.295 e. The van der Waals surface area contributed by atoms with Crippen LogP contribution >= 0.6 is 0 Å². The SMILES string of the molecule is C=C(CC)CC(=O)C=C(CC)CC. The first-order valence-electron chi connectivity index (χ1n) is 5.02. The Morgan fingerprint density at radius 2 is 1.69 bits per heavy atom. The van der Waals surface area contributed by atoms with Crippen molar-refractivity contribution in [3.8, 4) is 0 Å². The Labute approximate surface area is 81.5 Å². The Hall–Kier alpha value is -0.850. The lowest BCUT2D eigenvalue weighted by molar-refractivity contribution is -0.114. The highest BCUT2D eigenvalue weighted by Crippen LogP contribution is 2.09. The maximum Gasteiger partial charge on any atom is 0.159 e. The van der Waals surface area contributed by atoms with Crippen LogP contribution in [0.15, 0.2) is 23.8 Å². The zero-order valence-electron chi connectivity index (χ0n) is 9.02. The van der Waals surface area contributed by atoms with Crippen LogP contribution in [0.5, 0.6) is 0 Å². The molecule has 0 aliphatic carbocycles. The van der Waals surface area contributed by atoms with Gasteiger partial charge in [-0.05, 0) is 25.3 Å². The summed E-state index contributed by atoms with van der Waals surface area (Å²) < 4.78 is 0. The maximum atomic E-state index is 11.4. The Kier molecular flexibility index (Phi) is 6.21. The van der Waals surface area contributed by atoms with Crippen molar-refractivity contribution in [3.63, 3.8) is 0 Å². The van der Waals surface area contributed by atoms with Gasteiger partial charge in [0.1, 0.15) is 0 Å². The molecule has 0 aliphatic rings. The van der Waals surface area contributed by atoms with Crippen molar-refractivity contribution >= 4 is 5.78 Å². The van der Waals surface area contributed by atoms with Crippen molar-refractivity contribution in [2.45, 2.75) is 46.5 Å². The van der Waals surface area contributed by atoms with Gasteiger partial charge < -0.3 is 0 Å². The second kappa shape index (κ2) is 6.64. The van der Waals surface area contributed by atoms with E-state index >= 15 is 0 Å². The molecule has 0 aliphatic heterocycles. The highest BCUT2D eigenvalue weighted by atomic mass is 16.1. The molecule has 0 atom stereocenters. The van der Waals surface area contributed by atoms with Gasteiger partial charge in [-0.2, -0.15) is 0 Å². The molecular weight excluding hydrogens is 160 g/mol. The number of carbonyl (C=O) groups excluding carboxylic acids is 1. The van der Waals surface area contributed by atoms with Gasteiger partial charge in [0.2, 0.25) is 0 Å². The number of carbonyl (C=O) groups is 1. The van der Waals surface area contributed by atoms with Crippen molar-refractivity contribution in [1.82, 2.24) is 0 Å². The first kappa shape index (κ1) is 12.2. The first-order chi connectivity index (χ1) is 6.13. The van der Waals surface area contributed by atoms with Gasteiger partial charge in [-0.1, -0.05) is 38.5 Å². The summed E-state index contributed by atoms with van der Waals surface area (Å²) in [7, 11) is 0. The van der Waals surface area contributed by atoms with Gasteiger partial charge in [-0.25, -0.2) is 0 Å². The van der Waals surface area contributed by atoms with Crippen LogP contribution in [0, 0.1) is 0 Å². The van der Waals surface area contributed by atoms with Crippen LogP contribution in [-0.4, -0.2) is 5.78 Å². The van der Waals surface area contributed by atoms with Crippen molar-refractivity contribution in [2.75, 3.05) is 0 Å². The van der Waals surface area contributed by atoms with E-state index in [-0.39, 0.29) is 5.78 Å². The lowest BCUT2D eigenvalue weighted by Crippen LogP contribution is -1.96. The van der Waals surface area contributed by atoms with Gasteiger partial charge >= 0.3 is 0 Å². The molecule has 0 bridgehead atoms. The van der Waals surface area contributed by atoms with Gasteiger partial charge in [0.05, 0.1) is 0 Å². The quantitative estimate of drug-likeness (QED) is 0.450. The number of hydrogen-bond donors (Lipinski definition) is 0. The molecule has 0 amide bonds.